The molecule has 0 aromatic carbocycles. The van der Waals surface area contributed by atoms with Crippen molar-refractivity contribution in [3.63, 3.8) is 0 Å². The van der Waals surface area contributed by atoms with Gasteiger partial charge in [-0.3, -0.25) is 14.9 Å². The third-order valence-electron chi connectivity index (χ3n) is 1.21. The second-order valence-corrected chi connectivity index (χ2v) is 3.20. The maximum absolute atomic E-state index is 10.5. The highest BCUT2D eigenvalue weighted by Gasteiger charge is 2.51. The van der Waals surface area contributed by atoms with Crippen molar-refractivity contribution in [3.05, 3.63) is 10.6 Å². The third kappa shape index (κ3) is 0.329. The van der Waals surface area contributed by atoms with E-state index < -0.39 is 0 Å². The average Bonchev–Trinajstić information content (AvgIpc) is 2.35. The first-order valence-electron chi connectivity index (χ1n) is 2.24. The number of amides is 2. The Morgan fingerprint density at radius 1 is 1.12 bits per heavy atom. The predicted octanol–water partition coefficient (Wildman–Crippen LogP) is -0.721. The van der Waals surface area contributed by atoms with Crippen LogP contribution in [0.3, 0.4) is 0 Å². The number of hydrogen-bond acceptors (Lipinski definition) is 2. The van der Waals surface area contributed by atoms with Crippen LogP contribution in [0.15, 0.2) is 10.6 Å². The Kier molecular flexibility index (Phi) is 0.529. The molecule has 2 heterocycles. The Labute approximate surface area is 46.9 Å². The van der Waals surface area contributed by atoms with E-state index in [0.717, 1.165) is 10.6 Å². The minimum atomic E-state index is -0.153. The highest BCUT2D eigenvalue weighted by molar-refractivity contribution is 7.61. The maximum Gasteiger partial charge on any atom is 0.297 e. The quantitative estimate of drug-likeness (QED) is 0.345. The van der Waals surface area contributed by atoms with Crippen molar-refractivity contribution >= 4 is 20.4 Å². The van der Waals surface area contributed by atoms with Gasteiger partial charge in [-0.2, -0.15) is 0 Å². The minimum Gasteiger partial charge on any atom is -0.282 e. The largest absolute Gasteiger partial charge is 0.297 e. The van der Waals surface area contributed by atoms with Crippen LogP contribution in [-0.4, -0.2) is 11.8 Å². The summed E-state index contributed by atoms with van der Waals surface area (Å²) in [6.45, 7) is 0. The molecular weight excluding hydrogens is 125 g/mol. The Bertz CT molecular complexity index is 208. The van der Waals surface area contributed by atoms with Crippen LogP contribution in [-0.2, 0) is 9.59 Å². The summed E-state index contributed by atoms with van der Waals surface area (Å²) in [6, 6.07) is 0. The molecule has 0 aromatic rings. The zero-order chi connectivity index (χ0) is 5.72. The van der Waals surface area contributed by atoms with Gasteiger partial charge in [0.2, 0.25) is 10.6 Å². The van der Waals surface area contributed by atoms with Crippen LogP contribution in [0.25, 0.3) is 0 Å². The fourth-order valence-electron chi connectivity index (χ4n) is 0.722. The van der Waals surface area contributed by atoms with E-state index in [2.05, 4.69) is 5.32 Å². The summed E-state index contributed by atoms with van der Waals surface area (Å²) in [5.74, 6) is -0.306. The number of imide groups is 1. The van der Waals surface area contributed by atoms with Gasteiger partial charge in [0.15, 0.2) is 0 Å². The van der Waals surface area contributed by atoms with Crippen molar-refractivity contribution in [2.24, 2.45) is 0 Å². The summed E-state index contributed by atoms with van der Waals surface area (Å²) in [5.41, 5.74) is 0. The molecule has 0 aliphatic carbocycles. The predicted molar refractivity (Wildman–Crippen MR) is 29.9 cm³/mol. The molecule has 2 aliphatic heterocycles. The van der Waals surface area contributed by atoms with Gasteiger partial charge in [0.05, 0.1) is 8.58 Å². The highest BCUT2D eigenvalue weighted by atomic mass is 31.1. The van der Waals surface area contributed by atoms with Crippen molar-refractivity contribution < 1.29 is 9.59 Å². The summed E-state index contributed by atoms with van der Waals surface area (Å²) < 4.78 is 0. The molecule has 2 aliphatic rings. The second-order valence-electron chi connectivity index (χ2n) is 1.75. The zero-order valence-corrected chi connectivity index (χ0v) is 5.05. The van der Waals surface area contributed by atoms with Gasteiger partial charge >= 0.3 is 0 Å². The zero-order valence-electron chi connectivity index (χ0n) is 3.89. The lowest BCUT2D eigenvalue weighted by atomic mass is 10.6. The van der Waals surface area contributed by atoms with Crippen LogP contribution in [0.1, 0.15) is 0 Å². The molecular formula is C4H3NO2P+. The van der Waals surface area contributed by atoms with Gasteiger partial charge in [-0.1, -0.05) is 0 Å². The Balaban J connectivity index is 2.48. The number of carbonyl (C=O) groups excluding carboxylic acids is 2. The summed E-state index contributed by atoms with van der Waals surface area (Å²) in [7, 11) is -0.00694. The van der Waals surface area contributed by atoms with Gasteiger partial charge in [0.1, 0.15) is 0 Å². The molecule has 0 unspecified atom stereocenters. The first-order valence-corrected chi connectivity index (χ1v) is 3.39. The molecule has 0 atom stereocenters. The van der Waals surface area contributed by atoms with Crippen LogP contribution < -0.4 is 5.32 Å². The molecule has 40 valence electrons. The first kappa shape index (κ1) is 4.21. The standard InChI is InChI=1S/C4H2NO2P/c6-3-1-2(8-1)4(7)5-3/h8H,(H,5,6,7)/p+1. The summed E-state index contributed by atoms with van der Waals surface area (Å²) in [5, 5.41) is 3.73. The summed E-state index contributed by atoms with van der Waals surface area (Å²) in [4.78, 5) is 20.9. The minimum absolute atomic E-state index is 0.00694. The van der Waals surface area contributed by atoms with E-state index >= 15 is 0 Å². The molecule has 0 aromatic heterocycles. The SMILES string of the molecule is O=C1NC(=O)C2=C1[PH2+]2. The fourth-order valence-corrected chi connectivity index (χ4v) is 1.61. The molecule has 1 N–H and O–H groups in total. The summed E-state index contributed by atoms with van der Waals surface area (Å²) in [6.07, 6.45) is 0. The van der Waals surface area contributed by atoms with Gasteiger partial charge in [-0.25, -0.2) is 0 Å². The maximum atomic E-state index is 10.5. The molecule has 0 radical (unpaired) electrons. The van der Waals surface area contributed by atoms with Crippen molar-refractivity contribution in [3.8, 4) is 0 Å². The van der Waals surface area contributed by atoms with Crippen LogP contribution in [0.4, 0.5) is 0 Å². The lowest BCUT2D eigenvalue weighted by Crippen LogP contribution is -2.24. The molecule has 0 fully saturated rings. The average molecular weight is 128 g/mol. The van der Waals surface area contributed by atoms with Gasteiger partial charge in [0.25, 0.3) is 11.8 Å². The lowest BCUT2D eigenvalue weighted by Gasteiger charge is -1.86. The van der Waals surface area contributed by atoms with E-state index in [1.165, 1.54) is 0 Å². The molecule has 3 nitrogen and oxygen atoms in total. The number of nitrogens with one attached hydrogen (secondary N) is 1. The van der Waals surface area contributed by atoms with Gasteiger partial charge < -0.3 is 0 Å². The highest BCUT2D eigenvalue weighted by Crippen LogP contribution is 2.55. The molecule has 2 rings (SSSR count). The molecule has 2 amide bonds. The molecule has 8 heavy (non-hydrogen) atoms. The molecule has 0 saturated carbocycles. The lowest BCUT2D eigenvalue weighted by molar-refractivity contribution is -0.123. The monoisotopic (exact) mass is 128 g/mol. The van der Waals surface area contributed by atoms with Gasteiger partial charge in [-0.15, -0.1) is 0 Å². The van der Waals surface area contributed by atoms with E-state index in [9.17, 15) is 9.59 Å². The number of hydrogen-bond donors (Lipinski definition) is 1. The third-order valence-corrected chi connectivity index (χ3v) is 2.60. The van der Waals surface area contributed by atoms with Crippen LogP contribution in [0, 0.1) is 0 Å². The van der Waals surface area contributed by atoms with E-state index in [4.69, 9.17) is 0 Å². The normalized spacial score (nSPS) is 23.5. The first-order chi connectivity index (χ1) is 3.79. The van der Waals surface area contributed by atoms with Gasteiger partial charge in [0, 0.05) is 0 Å². The smallest absolute Gasteiger partial charge is 0.282 e. The molecule has 0 spiro atoms. The Hall–Kier alpha value is -0.690. The molecule has 4 heteroatoms. The second kappa shape index (κ2) is 1.00. The fraction of sp³-hybridized carbons (Fsp3) is 0. The number of rotatable bonds is 0. The van der Waals surface area contributed by atoms with E-state index in [1.807, 2.05) is 0 Å². The van der Waals surface area contributed by atoms with Crippen molar-refractivity contribution in [2.45, 2.75) is 0 Å². The van der Waals surface area contributed by atoms with Crippen molar-refractivity contribution in [1.82, 2.24) is 5.32 Å². The van der Waals surface area contributed by atoms with Gasteiger partial charge in [-0.05, 0) is 0 Å². The Morgan fingerprint density at radius 3 is 1.75 bits per heavy atom. The van der Waals surface area contributed by atoms with E-state index in [1.54, 1.807) is 0 Å². The molecule has 0 saturated heterocycles. The number of carbonyl (C=O) groups is 2. The van der Waals surface area contributed by atoms with Crippen LogP contribution >= 0.6 is 8.58 Å². The van der Waals surface area contributed by atoms with E-state index in [-0.39, 0.29) is 20.4 Å². The van der Waals surface area contributed by atoms with Crippen molar-refractivity contribution in [1.29, 1.82) is 0 Å². The van der Waals surface area contributed by atoms with Crippen LogP contribution in [0.2, 0.25) is 0 Å². The Morgan fingerprint density at radius 2 is 1.62 bits per heavy atom. The topological polar surface area (TPSA) is 46.2 Å². The van der Waals surface area contributed by atoms with E-state index in [0.29, 0.717) is 0 Å². The molecule has 0 bridgehead atoms. The van der Waals surface area contributed by atoms with Crippen LogP contribution in [0.5, 0.6) is 0 Å². The van der Waals surface area contributed by atoms with Crippen molar-refractivity contribution in [2.75, 3.05) is 0 Å². The summed E-state index contributed by atoms with van der Waals surface area (Å²) >= 11 is 0.